The molecule has 2 fully saturated rings. The van der Waals surface area contributed by atoms with E-state index >= 15 is 0 Å². The summed E-state index contributed by atoms with van der Waals surface area (Å²) in [6, 6.07) is 0.879. The highest BCUT2D eigenvalue weighted by Gasteiger charge is 2.40. The van der Waals surface area contributed by atoms with Gasteiger partial charge in [0.25, 0.3) is 0 Å². The van der Waals surface area contributed by atoms with Crippen molar-refractivity contribution in [3.8, 4) is 0 Å². The molecule has 0 amide bonds. The molecule has 2 aliphatic rings. The van der Waals surface area contributed by atoms with Gasteiger partial charge in [-0.2, -0.15) is 0 Å². The van der Waals surface area contributed by atoms with E-state index in [2.05, 4.69) is 12.2 Å². The number of nitrogens with one attached hydrogen (secondary N) is 1. The van der Waals surface area contributed by atoms with Crippen molar-refractivity contribution in [2.75, 3.05) is 13.1 Å². The van der Waals surface area contributed by atoms with E-state index in [1.165, 1.54) is 64.3 Å². The van der Waals surface area contributed by atoms with Gasteiger partial charge in [0.15, 0.2) is 0 Å². The molecule has 0 aliphatic heterocycles. The normalized spacial score (nSPS) is 21.5. The van der Waals surface area contributed by atoms with Crippen molar-refractivity contribution in [2.45, 2.75) is 70.8 Å². The Morgan fingerprint density at radius 2 is 1.72 bits per heavy atom. The summed E-state index contributed by atoms with van der Waals surface area (Å²) < 4.78 is 0. The van der Waals surface area contributed by atoms with Gasteiger partial charge in [-0.15, -0.1) is 0 Å². The van der Waals surface area contributed by atoms with Gasteiger partial charge in [0.1, 0.15) is 0 Å². The van der Waals surface area contributed by atoms with E-state index < -0.39 is 0 Å². The summed E-state index contributed by atoms with van der Waals surface area (Å²) in [6.45, 7) is 4.39. The Morgan fingerprint density at radius 3 is 2.22 bits per heavy atom. The second kappa shape index (κ2) is 7.49. The summed E-state index contributed by atoms with van der Waals surface area (Å²) in [7, 11) is 0. The van der Waals surface area contributed by atoms with Crippen LogP contribution >= 0.6 is 0 Å². The molecule has 1 unspecified atom stereocenters. The van der Waals surface area contributed by atoms with Crippen LogP contribution in [0.15, 0.2) is 0 Å². The van der Waals surface area contributed by atoms with Crippen LogP contribution in [-0.2, 0) is 0 Å². The van der Waals surface area contributed by atoms with Crippen LogP contribution in [0, 0.1) is 17.8 Å². The Kier molecular flexibility index (Phi) is 5.97. The first kappa shape index (κ1) is 14.3. The molecular weight excluding hydrogens is 220 g/mol. The van der Waals surface area contributed by atoms with Crippen LogP contribution in [0.4, 0.5) is 0 Å². The average molecular weight is 252 g/mol. The van der Waals surface area contributed by atoms with Gasteiger partial charge in [-0.25, -0.2) is 0 Å². The van der Waals surface area contributed by atoms with E-state index in [4.69, 9.17) is 5.73 Å². The Bertz CT molecular complexity index is 203. The van der Waals surface area contributed by atoms with Gasteiger partial charge in [0.2, 0.25) is 0 Å². The van der Waals surface area contributed by atoms with Crippen LogP contribution in [0.25, 0.3) is 0 Å². The molecular formula is C16H32N2. The first-order valence-electron chi connectivity index (χ1n) is 8.28. The average Bonchev–Trinajstić information content (AvgIpc) is 3.23. The Hall–Kier alpha value is -0.0800. The molecule has 0 aromatic carbocycles. The lowest BCUT2D eigenvalue weighted by atomic mass is 9.94. The minimum absolute atomic E-state index is 0.866. The SMILES string of the molecule is CCCC(CCN)CCCNC(C1CC1)C1CC1. The zero-order valence-corrected chi connectivity index (χ0v) is 12.2. The molecule has 106 valence electrons. The first-order chi connectivity index (χ1) is 8.85. The zero-order chi connectivity index (χ0) is 12.8. The molecule has 0 spiro atoms. The van der Waals surface area contributed by atoms with Gasteiger partial charge in [-0.1, -0.05) is 19.8 Å². The quantitative estimate of drug-likeness (QED) is 0.554. The minimum atomic E-state index is 0.866. The highest BCUT2D eigenvalue weighted by molar-refractivity contribution is 4.96. The predicted octanol–water partition coefficient (Wildman–Crippen LogP) is 3.31. The Balaban J connectivity index is 1.55. The van der Waals surface area contributed by atoms with Crippen LogP contribution in [0.5, 0.6) is 0 Å². The van der Waals surface area contributed by atoms with Gasteiger partial charge in [-0.05, 0) is 75.8 Å². The standard InChI is InChI=1S/C16H32N2/c1-2-4-13(10-11-17)5-3-12-18-16(14-6-7-14)15-8-9-15/h13-16,18H,2-12,17H2,1H3. The molecule has 0 radical (unpaired) electrons. The van der Waals surface area contributed by atoms with Crippen LogP contribution in [0.1, 0.15) is 64.7 Å². The molecule has 2 saturated carbocycles. The number of rotatable bonds is 11. The second-order valence-corrected chi connectivity index (χ2v) is 6.53. The highest BCUT2D eigenvalue weighted by atomic mass is 14.9. The van der Waals surface area contributed by atoms with Gasteiger partial charge < -0.3 is 11.1 Å². The zero-order valence-electron chi connectivity index (χ0n) is 12.2. The maximum absolute atomic E-state index is 5.69. The van der Waals surface area contributed by atoms with Crippen LogP contribution in [0.3, 0.4) is 0 Å². The van der Waals surface area contributed by atoms with E-state index in [1.54, 1.807) is 0 Å². The summed E-state index contributed by atoms with van der Waals surface area (Å²) in [5, 5.41) is 3.85. The molecule has 1 atom stereocenters. The van der Waals surface area contributed by atoms with E-state index in [0.29, 0.717) is 0 Å². The third-order valence-electron chi connectivity index (χ3n) is 4.70. The summed E-state index contributed by atoms with van der Waals surface area (Å²) >= 11 is 0. The van der Waals surface area contributed by atoms with Crippen LogP contribution < -0.4 is 11.1 Å². The number of hydrogen-bond donors (Lipinski definition) is 2. The lowest BCUT2D eigenvalue weighted by molar-refractivity contribution is 0.373. The van der Waals surface area contributed by atoms with Gasteiger partial charge in [0, 0.05) is 6.04 Å². The van der Waals surface area contributed by atoms with E-state index in [1.807, 2.05) is 0 Å². The van der Waals surface area contributed by atoms with Crippen molar-refractivity contribution in [3.63, 3.8) is 0 Å². The third-order valence-corrected chi connectivity index (χ3v) is 4.70. The van der Waals surface area contributed by atoms with E-state index in [-0.39, 0.29) is 0 Å². The van der Waals surface area contributed by atoms with Gasteiger partial charge >= 0.3 is 0 Å². The van der Waals surface area contributed by atoms with E-state index in [9.17, 15) is 0 Å². The molecule has 0 heterocycles. The number of nitrogens with two attached hydrogens (primary N) is 1. The van der Waals surface area contributed by atoms with E-state index in [0.717, 1.165) is 30.3 Å². The summed E-state index contributed by atoms with van der Waals surface area (Å²) in [6.07, 6.45) is 12.6. The van der Waals surface area contributed by atoms with Crippen LogP contribution in [0.2, 0.25) is 0 Å². The summed E-state index contributed by atoms with van der Waals surface area (Å²) in [5.74, 6) is 2.95. The monoisotopic (exact) mass is 252 g/mol. The molecule has 2 nitrogen and oxygen atoms in total. The third kappa shape index (κ3) is 4.89. The highest BCUT2D eigenvalue weighted by Crippen LogP contribution is 2.44. The van der Waals surface area contributed by atoms with Gasteiger partial charge in [-0.3, -0.25) is 0 Å². The molecule has 2 aliphatic carbocycles. The molecule has 0 aromatic heterocycles. The largest absolute Gasteiger partial charge is 0.330 e. The van der Waals surface area contributed by atoms with Crippen molar-refractivity contribution in [1.82, 2.24) is 5.32 Å². The molecule has 2 rings (SSSR count). The lowest BCUT2D eigenvalue weighted by Crippen LogP contribution is -2.34. The Labute approximate surface area is 113 Å². The van der Waals surface area contributed by atoms with Crippen molar-refractivity contribution in [1.29, 1.82) is 0 Å². The topological polar surface area (TPSA) is 38.0 Å². The summed E-state index contributed by atoms with van der Waals surface area (Å²) in [4.78, 5) is 0. The lowest BCUT2D eigenvalue weighted by Gasteiger charge is -2.19. The van der Waals surface area contributed by atoms with Crippen molar-refractivity contribution >= 4 is 0 Å². The number of hydrogen-bond acceptors (Lipinski definition) is 2. The predicted molar refractivity (Wildman–Crippen MR) is 78.5 cm³/mol. The van der Waals surface area contributed by atoms with Crippen molar-refractivity contribution in [2.24, 2.45) is 23.5 Å². The van der Waals surface area contributed by atoms with Crippen molar-refractivity contribution < 1.29 is 0 Å². The smallest absolute Gasteiger partial charge is 0.0124 e. The summed E-state index contributed by atoms with van der Waals surface area (Å²) in [5.41, 5.74) is 5.69. The first-order valence-corrected chi connectivity index (χ1v) is 8.28. The fourth-order valence-electron chi connectivity index (χ4n) is 3.37. The van der Waals surface area contributed by atoms with Crippen LogP contribution in [-0.4, -0.2) is 19.1 Å². The molecule has 0 aromatic rings. The molecule has 18 heavy (non-hydrogen) atoms. The Morgan fingerprint density at radius 1 is 1.06 bits per heavy atom. The maximum Gasteiger partial charge on any atom is 0.0124 e. The fraction of sp³-hybridized carbons (Fsp3) is 1.00. The molecule has 3 N–H and O–H groups in total. The maximum atomic E-state index is 5.69. The molecule has 2 heteroatoms. The molecule has 0 saturated heterocycles. The second-order valence-electron chi connectivity index (χ2n) is 6.53. The molecule has 0 bridgehead atoms. The van der Waals surface area contributed by atoms with Gasteiger partial charge in [0.05, 0.1) is 0 Å². The fourth-order valence-corrected chi connectivity index (χ4v) is 3.37. The minimum Gasteiger partial charge on any atom is -0.330 e. The van der Waals surface area contributed by atoms with Crippen molar-refractivity contribution in [3.05, 3.63) is 0 Å².